The zero-order chi connectivity index (χ0) is 24.7. The zero-order valence-corrected chi connectivity index (χ0v) is 20.4. The molecule has 2 heterocycles. The van der Waals surface area contributed by atoms with Gasteiger partial charge < -0.3 is 14.5 Å². The first-order valence-corrected chi connectivity index (χ1v) is 12.0. The van der Waals surface area contributed by atoms with E-state index in [4.69, 9.17) is 4.74 Å². The number of hydrogen-bond acceptors (Lipinski definition) is 8. The van der Waals surface area contributed by atoms with Crippen LogP contribution in [0.3, 0.4) is 0 Å². The second kappa shape index (κ2) is 11.0. The molecule has 0 saturated heterocycles. The number of amides is 2. The molecule has 0 N–H and O–H groups in total. The van der Waals surface area contributed by atoms with Crippen LogP contribution in [0.25, 0.3) is 0 Å². The Balaban J connectivity index is 2.03. The van der Waals surface area contributed by atoms with Gasteiger partial charge in [-0.1, -0.05) is 23.8 Å². The largest absolute Gasteiger partial charge is 0.470 e. The van der Waals surface area contributed by atoms with Gasteiger partial charge in [0.05, 0.1) is 4.90 Å². The number of rotatable bonds is 9. The minimum absolute atomic E-state index is 0.0451. The van der Waals surface area contributed by atoms with Gasteiger partial charge in [0.15, 0.2) is 0 Å². The van der Waals surface area contributed by atoms with Crippen LogP contribution in [-0.4, -0.2) is 73.4 Å². The number of likely N-dealkylation sites (N-methyl/N-ethyl adjacent to an activating group) is 2. The molecular formula is C23H28N6O4S. The maximum Gasteiger partial charge on any atom is 0.339 e. The molecule has 0 unspecified atom stereocenters. The number of nitrogens with zero attached hydrogens (tertiary/aromatic N) is 6. The summed E-state index contributed by atoms with van der Waals surface area (Å²) in [6.45, 7) is 2.77. The lowest BCUT2D eigenvalue weighted by Crippen LogP contribution is -2.47. The molecule has 10 nitrogen and oxygen atoms in total. The van der Waals surface area contributed by atoms with Crippen LogP contribution in [0.2, 0.25) is 0 Å². The molecule has 0 aliphatic carbocycles. The van der Waals surface area contributed by atoms with Gasteiger partial charge in [-0.05, 0) is 39.2 Å². The second-order valence-electron chi connectivity index (χ2n) is 7.92. The van der Waals surface area contributed by atoms with Gasteiger partial charge in [0.1, 0.15) is 6.61 Å². The lowest BCUT2D eigenvalue weighted by molar-refractivity contribution is 0.213. The van der Waals surface area contributed by atoms with Crippen molar-refractivity contribution in [2.45, 2.75) is 18.4 Å². The van der Waals surface area contributed by atoms with Gasteiger partial charge >= 0.3 is 6.03 Å². The molecule has 0 spiro atoms. The number of hydrogen-bond donors (Lipinski definition) is 0. The van der Waals surface area contributed by atoms with Crippen molar-refractivity contribution in [2.24, 2.45) is 0 Å². The summed E-state index contributed by atoms with van der Waals surface area (Å²) in [5.41, 5.74) is 1.64. The molecule has 0 bridgehead atoms. The Morgan fingerprint density at radius 2 is 1.68 bits per heavy atom. The summed E-state index contributed by atoms with van der Waals surface area (Å²) < 4.78 is 33.8. The number of benzene rings is 1. The molecule has 2 amide bonds. The summed E-state index contributed by atoms with van der Waals surface area (Å²) in [6, 6.07) is 9.05. The Labute approximate surface area is 199 Å². The minimum Gasteiger partial charge on any atom is -0.470 e. The van der Waals surface area contributed by atoms with Crippen molar-refractivity contribution < 1.29 is 17.9 Å². The SMILES string of the molecule is Cc1ccc(S(=O)(=O)N(C(=O)N(C)CCN(C)C)c2nccnc2OCc2cccnc2)cc1. The molecule has 180 valence electrons. The zero-order valence-electron chi connectivity index (χ0n) is 19.6. The fraction of sp³-hybridized carbons (Fsp3) is 0.304. The Bertz CT molecular complexity index is 1200. The van der Waals surface area contributed by atoms with Crippen LogP contribution >= 0.6 is 0 Å². The van der Waals surface area contributed by atoms with Crippen LogP contribution in [0.15, 0.2) is 66.1 Å². The van der Waals surface area contributed by atoms with Gasteiger partial charge in [-0.15, -0.1) is 0 Å². The molecule has 1 aromatic carbocycles. The van der Waals surface area contributed by atoms with Crippen LogP contribution in [-0.2, 0) is 16.6 Å². The maximum atomic E-state index is 13.7. The smallest absolute Gasteiger partial charge is 0.339 e. The third kappa shape index (κ3) is 6.06. The van der Waals surface area contributed by atoms with E-state index >= 15 is 0 Å². The maximum absolute atomic E-state index is 13.7. The molecule has 0 aliphatic rings. The number of aryl methyl sites for hydroxylation is 1. The second-order valence-corrected chi connectivity index (χ2v) is 9.71. The quantitative estimate of drug-likeness (QED) is 0.456. The van der Waals surface area contributed by atoms with E-state index < -0.39 is 16.1 Å². The third-order valence-electron chi connectivity index (χ3n) is 4.88. The lowest BCUT2D eigenvalue weighted by atomic mass is 10.2. The number of urea groups is 1. The molecule has 3 aromatic rings. The molecule has 0 saturated carbocycles. The topological polar surface area (TPSA) is 109 Å². The first-order valence-electron chi connectivity index (χ1n) is 10.5. The van der Waals surface area contributed by atoms with Crippen molar-refractivity contribution in [3.8, 4) is 5.88 Å². The fourth-order valence-electron chi connectivity index (χ4n) is 2.92. The van der Waals surface area contributed by atoms with Gasteiger partial charge in [-0.3, -0.25) is 4.98 Å². The average molecular weight is 485 g/mol. The van der Waals surface area contributed by atoms with Crippen LogP contribution in [0.5, 0.6) is 5.88 Å². The summed E-state index contributed by atoms with van der Waals surface area (Å²) in [6.07, 6.45) is 5.95. The Morgan fingerprint density at radius 1 is 0.971 bits per heavy atom. The average Bonchev–Trinajstić information content (AvgIpc) is 2.82. The summed E-state index contributed by atoms with van der Waals surface area (Å²) in [4.78, 5) is 29.1. The number of pyridine rings is 1. The van der Waals surface area contributed by atoms with Crippen molar-refractivity contribution >= 4 is 21.9 Å². The first kappa shape index (κ1) is 25.1. The standard InChI is InChI=1S/C23H28N6O4S/c1-18-7-9-20(10-8-18)34(31,32)29(23(30)28(4)15-14-27(2)3)21-22(26-13-12-25-21)33-17-19-6-5-11-24-16-19/h5-13,16H,14-15,17H2,1-4H3. The molecule has 11 heteroatoms. The molecule has 0 fully saturated rings. The van der Waals surface area contributed by atoms with Gasteiger partial charge in [0.2, 0.25) is 5.82 Å². The number of aromatic nitrogens is 3. The van der Waals surface area contributed by atoms with Crippen LogP contribution in [0.1, 0.15) is 11.1 Å². The van der Waals surface area contributed by atoms with Crippen LogP contribution in [0.4, 0.5) is 10.6 Å². The van der Waals surface area contributed by atoms with E-state index in [1.165, 1.54) is 36.5 Å². The van der Waals surface area contributed by atoms with E-state index in [1.807, 2.05) is 32.0 Å². The van der Waals surface area contributed by atoms with E-state index in [1.54, 1.807) is 30.6 Å². The molecule has 2 aromatic heterocycles. The predicted molar refractivity (Wildman–Crippen MR) is 128 cm³/mol. The Kier molecular flexibility index (Phi) is 8.13. The van der Waals surface area contributed by atoms with E-state index in [0.717, 1.165) is 11.1 Å². The summed E-state index contributed by atoms with van der Waals surface area (Å²) >= 11 is 0. The number of anilines is 1. The summed E-state index contributed by atoms with van der Waals surface area (Å²) in [7, 11) is 0.947. The van der Waals surface area contributed by atoms with Crippen molar-refractivity contribution in [1.29, 1.82) is 0 Å². The minimum atomic E-state index is -4.33. The van der Waals surface area contributed by atoms with Gasteiger partial charge in [-0.2, -0.15) is 4.31 Å². The normalized spacial score (nSPS) is 11.3. The van der Waals surface area contributed by atoms with E-state index in [0.29, 0.717) is 17.4 Å². The highest BCUT2D eigenvalue weighted by atomic mass is 32.2. The molecule has 3 rings (SSSR count). The van der Waals surface area contributed by atoms with Crippen molar-refractivity contribution in [1.82, 2.24) is 24.8 Å². The lowest BCUT2D eigenvalue weighted by Gasteiger charge is -2.28. The third-order valence-corrected chi connectivity index (χ3v) is 6.56. The van der Waals surface area contributed by atoms with Gasteiger partial charge in [-0.25, -0.2) is 23.2 Å². The van der Waals surface area contributed by atoms with E-state index in [9.17, 15) is 13.2 Å². The highest BCUT2D eigenvalue weighted by molar-refractivity contribution is 7.93. The predicted octanol–water partition coefficient (Wildman–Crippen LogP) is 2.57. The number of carbonyl (C=O) groups is 1. The highest BCUT2D eigenvalue weighted by Crippen LogP contribution is 2.30. The van der Waals surface area contributed by atoms with Gasteiger partial charge in [0, 0.05) is 50.5 Å². The Hall–Kier alpha value is -3.57. The van der Waals surface area contributed by atoms with E-state index in [-0.39, 0.29) is 23.2 Å². The number of ether oxygens (including phenoxy) is 1. The van der Waals surface area contributed by atoms with Gasteiger partial charge in [0.25, 0.3) is 15.9 Å². The van der Waals surface area contributed by atoms with Crippen molar-refractivity contribution in [2.75, 3.05) is 38.5 Å². The monoisotopic (exact) mass is 484 g/mol. The van der Waals surface area contributed by atoms with Crippen molar-refractivity contribution in [3.05, 3.63) is 72.3 Å². The van der Waals surface area contributed by atoms with Crippen LogP contribution in [0, 0.1) is 6.92 Å². The number of carbonyl (C=O) groups excluding carboxylic acids is 1. The molecule has 0 atom stereocenters. The first-order chi connectivity index (χ1) is 16.2. The Morgan fingerprint density at radius 3 is 2.32 bits per heavy atom. The molecule has 0 aliphatic heterocycles. The summed E-state index contributed by atoms with van der Waals surface area (Å²) in [5.74, 6) is -0.301. The summed E-state index contributed by atoms with van der Waals surface area (Å²) in [5, 5.41) is 0. The highest BCUT2D eigenvalue weighted by Gasteiger charge is 2.36. The van der Waals surface area contributed by atoms with Crippen molar-refractivity contribution in [3.63, 3.8) is 0 Å². The molecule has 34 heavy (non-hydrogen) atoms. The molecule has 0 radical (unpaired) electrons. The van der Waals surface area contributed by atoms with Crippen LogP contribution < -0.4 is 9.04 Å². The fourth-order valence-corrected chi connectivity index (χ4v) is 4.31. The van der Waals surface area contributed by atoms with E-state index in [2.05, 4.69) is 15.0 Å². The molecular weight excluding hydrogens is 456 g/mol. The number of sulfonamides is 1.